The van der Waals surface area contributed by atoms with Gasteiger partial charge in [0.25, 0.3) is 5.91 Å². The van der Waals surface area contributed by atoms with Crippen LogP contribution in [0.2, 0.25) is 5.02 Å². The molecule has 2 heterocycles. The maximum atomic E-state index is 12.4. The van der Waals surface area contributed by atoms with Crippen molar-refractivity contribution >= 4 is 44.9 Å². The third-order valence-corrected chi connectivity index (χ3v) is 6.05. The van der Waals surface area contributed by atoms with Crippen LogP contribution in [0.4, 0.5) is 5.13 Å². The van der Waals surface area contributed by atoms with Crippen LogP contribution in [0.25, 0.3) is 22.3 Å². The van der Waals surface area contributed by atoms with Crippen molar-refractivity contribution in [2.75, 3.05) is 20.7 Å². The molecule has 2 aromatic heterocycles. The van der Waals surface area contributed by atoms with Crippen molar-refractivity contribution in [3.63, 3.8) is 0 Å². The lowest BCUT2D eigenvalue weighted by molar-refractivity contribution is 0.0831. The zero-order valence-electron chi connectivity index (χ0n) is 18.2. The van der Waals surface area contributed by atoms with Crippen LogP contribution in [0, 0.1) is 6.92 Å². The number of carbonyl (C=O) groups is 1. The number of amides is 1. The van der Waals surface area contributed by atoms with Gasteiger partial charge in [-0.1, -0.05) is 22.9 Å². The summed E-state index contributed by atoms with van der Waals surface area (Å²) in [5.74, 6) is 1.29. The number of aryl methyl sites for hydroxylation is 1. The third kappa shape index (κ3) is 4.54. The van der Waals surface area contributed by atoms with Gasteiger partial charge in [0.15, 0.2) is 0 Å². The van der Waals surface area contributed by atoms with Crippen molar-refractivity contribution in [3.05, 3.63) is 69.5 Å². The number of nitrogens with zero attached hydrogens (tertiary/aromatic N) is 3. The van der Waals surface area contributed by atoms with Crippen LogP contribution < -0.4 is 10.1 Å². The van der Waals surface area contributed by atoms with Gasteiger partial charge in [0.2, 0.25) is 5.13 Å². The Balaban J connectivity index is 1.93. The summed E-state index contributed by atoms with van der Waals surface area (Å²) < 4.78 is 11.8. The number of hydrogen-bond donors (Lipinski definition) is 0. The molecule has 0 aliphatic carbocycles. The molecule has 0 bridgehead atoms. The van der Waals surface area contributed by atoms with Crippen LogP contribution in [0.5, 0.6) is 5.75 Å². The quantitative estimate of drug-likeness (QED) is 0.369. The Kier molecular flexibility index (Phi) is 6.30. The highest BCUT2D eigenvalue weighted by atomic mass is 35.5. The van der Waals surface area contributed by atoms with E-state index in [1.807, 2.05) is 62.4 Å². The Hall–Kier alpha value is -3.16. The van der Waals surface area contributed by atoms with Gasteiger partial charge in [-0.15, -0.1) is 0 Å². The largest absolute Gasteiger partial charge is 0.494 e. The second kappa shape index (κ2) is 9.14. The highest BCUT2D eigenvalue weighted by Gasteiger charge is 2.17. The fourth-order valence-electron chi connectivity index (χ4n) is 3.19. The van der Waals surface area contributed by atoms with E-state index < -0.39 is 0 Å². The van der Waals surface area contributed by atoms with E-state index >= 15 is 0 Å². The first-order valence-corrected chi connectivity index (χ1v) is 11.3. The monoisotopic (exact) mass is 467 g/mol. The topological polar surface area (TPSA) is 67.9 Å². The molecule has 6 nitrogen and oxygen atoms in total. The SMILES string of the molecule is CCOc1ccc2oc(-c3ccc(Cl)cc3)c/c(=N\c3nc(C)c(C(=O)N(C)C)s3)c2c1. The number of carbonyl (C=O) groups excluding carboxylic acids is 1. The van der Waals surface area contributed by atoms with Gasteiger partial charge in [-0.3, -0.25) is 4.79 Å². The maximum Gasteiger partial charge on any atom is 0.265 e. The molecule has 0 N–H and O–H groups in total. The molecular weight excluding hydrogens is 446 g/mol. The average molecular weight is 468 g/mol. The molecule has 4 aromatic rings. The summed E-state index contributed by atoms with van der Waals surface area (Å²) in [6, 6.07) is 14.9. The predicted octanol–water partition coefficient (Wildman–Crippen LogP) is 5.85. The first-order chi connectivity index (χ1) is 15.4. The molecular formula is C24H22ClN3O3S. The van der Waals surface area contributed by atoms with Gasteiger partial charge in [0.05, 0.1) is 17.7 Å². The molecule has 0 spiro atoms. The number of hydrogen-bond acceptors (Lipinski definition) is 6. The number of halogens is 1. The summed E-state index contributed by atoms with van der Waals surface area (Å²) >= 11 is 7.31. The van der Waals surface area contributed by atoms with Crippen LogP contribution in [-0.2, 0) is 0 Å². The van der Waals surface area contributed by atoms with Gasteiger partial charge in [-0.2, -0.15) is 0 Å². The molecule has 0 saturated heterocycles. The zero-order chi connectivity index (χ0) is 22.8. The molecule has 2 aromatic carbocycles. The van der Waals surface area contributed by atoms with E-state index in [2.05, 4.69) is 4.98 Å². The van der Waals surface area contributed by atoms with Crippen LogP contribution >= 0.6 is 22.9 Å². The Morgan fingerprint density at radius 2 is 1.94 bits per heavy atom. The van der Waals surface area contributed by atoms with E-state index in [1.165, 1.54) is 16.2 Å². The van der Waals surface area contributed by atoms with Gasteiger partial charge in [0, 0.05) is 36.1 Å². The predicted molar refractivity (Wildman–Crippen MR) is 128 cm³/mol. The highest BCUT2D eigenvalue weighted by Crippen LogP contribution is 2.28. The lowest BCUT2D eigenvalue weighted by Crippen LogP contribution is -2.21. The van der Waals surface area contributed by atoms with Crippen molar-refractivity contribution in [1.29, 1.82) is 0 Å². The molecule has 1 amide bonds. The fraction of sp³-hybridized carbons (Fsp3) is 0.208. The second-order valence-corrected chi connectivity index (χ2v) is 8.73. The summed E-state index contributed by atoms with van der Waals surface area (Å²) in [5.41, 5.74) is 2.20. The minimum atomic E-state index is -0.0881. The van der Waals surface area contributed by atoms with Crippen molar-refractivity contribution in [3.8, 4) is 17.1 Å². The van der Waals surface area contributed by atoms with Crippen molar-refractivity contribution < 1.29 is 13.9 Å². The number of benzene rings is 2. The summed E-state index contributed by atoms with van der Waals surface area (Å²) in [6.07, 6.45) is 0. The van der Waals surface area contributed by atoms with E-state index in [-0.39, 0.29) is 5.91 Å². The normalized spacial score (nSPS) is 11.7. The van der Waals surface area contributed by atoms with Crippen LogP contribution in [0.3, 0.4) is 0 Å². The molecule has 0 atom stereocenters. The van der Waals surface area contributed by atoms with Gasteiger partial charge in [-0.25, -0.2) is 9.98 Å². The van der Waals surface area contributed by atoms with Crippen molar-refractivity contribution in [1.82, 2.24) is 9.88 Å². The van der Waals surface area contributed by atoms with Crippen molar-refractivity contribution in [2.45, 2.75) is 13.8 Å². The summed E-state index contributed by atoms with van der Waals surface area (Å²) in [7, 11) is 3.44. The molecule has 0 aliphatic heterocycles. The second-order valence-electron chi connectivity index (χ2n) is 7.32. The molecule has 0 radical (unpaired) electrons. The molecule has 0 saturated carbocycles. The zero-order valence-corrected chi connectivity index (χ0v) is 19.8. The lowest BCUT2D eigenvalue weighted by atomic mass is 10.1. The number of fused-ring (bicyclic) bond motifs is 1. The number of aromatic nitrogens is 1. The standard InChI is InChI=1S/C24H22ClN3O3S/c1-5-30-17-10-11-20-18(12-17)19(13-21(31-20)15-6-8-16(25)9-7-15)27-24-26-14(2)22(32-24)23(29)28(3)4/h6-13H,5H2,1-4H3/b27-19+. The highest BCUT2D eigenvalue weighted by molar-refractivity contribution is 7.17. The van der Waals surface area contributed by atoms with Gasteiger partial charge in [-0.05, 0) is 56.3 Å². The Morgan fingerprint density at radius 3 is 2.62 bits per heavy atom. The molecule has 4 rings (SSSR count). The van der Waals surface area contributed by atoms with E-state index in [4.69, 9.17) is 25.7 Å². The lowest BCUT2D eigenvalue weighted by Gasteiger charge is -2.08. The van der Waals surface area contributed by atoms with Gasteiger partial charge in [0.1, 0.15) is 22.0 Å². The Morgan fingerprint density at radius 1 is 1.19 bits per heavy atom. The Labute approximate surface area is 194 Å². The van der Waals surface area contributed by atoms with Crippen LogP contribution in [0.1, 0.15) is 22.3 Å². The average Bonchev–Trinajstić information content (AvgIpc) is 3.13. The minimum Gasteiger partial charge on any atom is -0.494 e. The third-order valence-electron chi connectivity index (χ3n) is 4.76. The number of rotatable bonds is 5. The number of thiazole rings is 1. The smallest absolute Gasteiger partial charge is 0.265 e. The maximum absolute atomic E-state index is 12.4. The van der Waals surface area contributed by atoms with E-state index in [0.29, 0.717) is 44.0 Å². The number of ether oxygens (including phenoxy) is 1. The van der Waals surface area contributed by atoms with Crippen LogP contribution in [-0.4, -0.2) is 36.5 Å². The first kappa shape index (κ1) is 22.0. The fourth-order valence-corrected chi connectivity index (χ4v) is 4.29. The van der Waals surface area contributed by atoms with Crippen LogP contribution in [0.15, 0.2) is 57.9 Å². The summed E-state index contributed by atoms with van der Waals surface area (Å²) in [4.78, 5) is 23.9. The van der Waals surface area contributed by atoms with E-state index in [0.717, 1.165) is 16.7 Å². The molecule has 0 unspecified atom stereocenters. The Bertz CT molecular complexity index is 1360. The van der Waals surface area contributed by atoms with Crippen molar-refractivity contribution in [2.24, 2.45) is 4.99 Å². The molecule has 0 fully saturated rings. The first-order valence-electron chi connectivity index (χ1n) is 10.1. The summed E-state index contributed by atoms with van der Waals surface area (Å²) in [6.45, 7) is 4.31. The molecule has 32 heavy (non-hydrogen) atoms. The molecule has 8 heteroatoms. The minimum absolute atomic E-state index is 0.0881. The van der Waals surface area contributed by atoms with E-state index in [1.54, 1.807) is 14.1 Å². The molecule has 164 valence electrons. The summed E-state index contributed by atoms with van der Waals surface area (Å²) in [5, 5.41) is 2.62. The van der Waals surface area contributed by atoms with E-state index in [9.17, 15) is 4.79 Å². The van der Waals surface area contributed by atoms with Gasteiger partial charge < -0.3 is 14.1 Å². The van der Waals surface area contributed by atoms with Gasteiger partial charge >= 0.3 is 0 Å². The molecule has 0 aliphatic rings.